The minimum atomic E-state index is -4.18. The van der Waals surface area contributed by atoms with Gasteiger partial charge >= 0.3 is 0 Å². The summed E-state index contributed by atoms with van der Waals surface area (Å²) in [6, 6.07) is 29.1. The summed E-state index contributed by atoms with van der Waals surface area (Å²) >= 11 is 0. The van der Waals surface area contributed by atoms with Gasteiger partial charge in [0.05, 0.1) is 10.6 Å². The molecule has 0 aliphatic rings. The van der Waals surface area contributed by atoms with Crippen molar-refractivity contribution in [2.45, 2.75) is 57.0 Å². The number of anilines is 1. The molecule has 0 aliphatic carbocycles. The average molecular weight is 630 g/mol. The summed E-state index contributed by atoms with van der Waals surface area (Å²) in [6.45, 7) is 5.86. The van der Waals surface area contributed by atoms with Crippen molar-refractivity contribution in [1.29, 1.82) is 0 Å². The predicted octanol–water partition coefficient (Wildman–Crippen LogP) is 6.31. The van der Waals surface area contributed by atoms with E-state index in [1.807, 2.05) is 63.2 Å². The van der Waals surface area contributed by atoms with Crippen LogP contribution in [0.2, 0.25) is 0 Å². The van der Waals surface area contributed by atoms with Gasteiger partial charge in [-0.15, -0.1) is 0 Å². The molecule has 45 heavy (non-hydrogen) atoms. The van der Waals surface area contributed by atoms with Crippen molar-refractivity contribution >= 4 is 27.5 Å². The maximum absolute atomic E-state index is 14.4. The fourth-order valence-corrected chi connectivity index (χ4v) is 6.42. The van der Waals surface area contributed by atoms with Crippen molar-refractivity contribution in [1.82, 2.24) is 10.2 Å². The van der Waals surface area contributed by atoms with Gasteiger partial charge < -0.3 is 10.2 Å². The van der Waals surface area contributed by atoms with Crippen LogP contribution in [0.1, 0.15) is 49.8 Å². The van der Waals surface area contributed by atoms with Crippen molar-refractivity contribution in [3.63, 3.8) is 0 Å². The van der Waals surface area contributed by atoms with Gasteiger partial charge in [-0.25, -0.2) is 12.8 Å². The van der Waals surface area contributed by atoms with Gasteiger partial charge in [0.1, 0.15) is 18.4 Å². The first-order valence-corrected chi connectivity index (χ1v) is 16.6. The van der Waals surface area contributed by atoms with Crippen LogP contribution in [0, 0.1) is 5.82 Å². The Labute approximate surface area is 265 Å². The molecule has 2 amide bonds. The molecule has 0 unspecified atom stereocenters. The van der Waals surface area contributed by atoms with Gasteiger partial charge in [-0.3, -0.25) is 13.9 Å². The molecular formula is C36H40FN3O4S. The number of hydrogen-bond acceptors (Lipinski definition) is 4. The molecule has 4 rings (SSSR count). The molecule has 7 nitrogen and oxygen atoms in total. The Kier molecular flexibility index (Phi) is 11.5. The summed E-state index contributed by atoms with van der Waals surface area (Å²) in [5.74, 6) is -1.12. The first kappa shape index (κ1) is 33.4. The second-order valence-electron chi connectivity index (χ2n) is 11.2. The monoisotopic (exact) mass is 629 g/mol. The average Bonchev–Trinajstić information content (AvgIpc) is 3.05. The van der Waals surface area contributed by atoms with Crippen molar-refractivity contribution in [3.05, 3.63) is 132 Å². The molecule has 0 saturated heterocycles. The van der Waals surface area contributed by atoms with Crippen LogP contribution in [0.15, 0.2) is 114 Å². The molecule has 0 spiro atoms. The minimum absolute atomic E-state index is 0.0261. The molecule has 0 aromatic heterocycles. The SMILES string of the molecule is CCCNC(=O)[C@H](Cc1ccccc1)N(Cc1ccc(F)cc1)C(=O)CN(c1ccc(C(C)C)cc1)S(=O)(=O)c1ccccc1. The van der Waals surface area contributed by atoms with Gasteiger partial charge in [0, 0.05) is 19.5 Å². The van der Waals surface area contributed by atoms with E-state index >= 15 is 0 Å². The molecule has 0 heterocycles. The molecule has 4 aromatic rings. The predicted molar refractivity (Wildman–Crippen MR) is 176 cm³/mol. The third-order valence-electron chi connectivity index (χ3n) is 7.54. The van der Waals surface area contributed by atoms with E-state index in [4.69, 9.17) is 0 Å². The summed E-state index contributed by atoms with van der Waals surface area (Å²) < 4.78 is 43.1. The van der Waals surface area contributed by atoms with E-state index < -0.39 is 34.3 Å². The van der Waals surface area contributed by atoms with Crippen LogP contribution in [0.25, 0.3) is 0 Å². The van der Waals surface area contributed by atoms with E-state index in [9.17, 15) is 22.4 Å². The maximum Gasteiger partial charge on any atom is 0.264 e. The lowest BCUT2D eigenvalue weighted by atomic mass is 10.0. The summed E-state index contributed by atoms with van der Waals surface area (Å²) in [5.41, 5.74) is 2.79. The zero-order chi connectivity index (χ0) is 32.4. The van der Waals surface area contributed by atoms with Crippen LogP contribution in [-0.4, -0.2) is 44.3 Å². The lowest BCUT2D eigenvalue weighted by Crippen LogP contribution is -2.53. The fourth-order valence-electron chi connectivity index (χ4n) is 4.98. The number of nitrogens with one attached hydrogen (secondary N) is 1. The summed E-state index contributed by atoms with van der Waals surface area (Å²) in [4.78, 5) is 29.5. The zero-order valence-corrected chi connectivity index (χ0v) is 26.7. The molecule has 1 atom stereocenters. The Morgan fingerprint density at radius 3 is 1.98 bits per heavy atom. The first-order chi connectivity index (χ1) is 21.6. The molecule has 4 aromatic carbocycles. The van der Waals surface area contributed by atoms with Crippen LogP contribution in [0.4, 0.5) is 10.1 Å². The van der Waals surface area contributed by atoms with Crippen LogP contribution in [0.5, 0.6) is 0 Å². The molecule has 236 valence electrons. The smallest absolute Gasteiger partial charge is 0.264 e. The van der Waals surface area contributed by atoms with E-state index in [-0.39, 0.29) is 29.7 Å². The van der Waals surface area contributed by atoms with Gasteiger partial charge in [0.15, 0.2) is 0 Å². The molecular weight excluding hydrogens is 589 g/mol. The molecule has 0 saturated carbocycles. The second kappa shape index (κ2) is 15.5. The highest BCUT2D eigenvalue weighted by atomic mass is 32.2. The van der Waals surface area contributed by atoms with E-state index in [0.717, 1.165) is 15.4 Å². The number of carbonyl (C=O) groups excluding carboxylic acids is 2. The molecule has 1 N–H and O–H groups in total. The van der Waals surface area contributed by atoms with E-state index in [1.165, 1.54) is 29.2 Å². The van der Waals surface area contributed by atoms with Crippen LogP contribution in [0.3, 0.4) is 0 Å². The fraction of sp³-hybridized carbons (Fsp3) is 0.278. The quantitative estimate of drug-likeness (QED) is 0.177. The molecule has 0 radical (unpaired) electrons. The van der Waals surface area contributed by atoms with Crippen LogP contribution < -0.4 is 9.62 Å². The zero-order valence-electron chi connectivity index (χ0n) is 25.9. The Balaban J connectivity index is 1.79. The molecule has 0 fully saturated rings. The Bertz CT molecular complexity index is 1650. The maximum atomic E-state index is 14.4. The molecule has 0 bridgehead atoms. The largest absolute Gasteiger partial charge is 0.354 e. The number of rotatable bonds is 14. The van der Waals surface area contributed by atoms with Gasteiger partial charge in [-0.1, -0.05) is 93.6 Å². The van der Waals surface area contributed by atoms with Crippen molar-refractivity contribution in [2.24, 2.45) is 0 Å². The van der Waals surface area contributed by atoms with E-state index in [2.05, 4.69) is 5.32 Å². The van der Waals surface area contributed by atoms with Gasteiger partial charge in [-0.2, -0.15) is 0 Å². The van der Waals surface area contributed by atoms with Gasteiger partial charge in [0.2, 0.25) is 11.8 Å². The van der Waals surface area contributed by atoms with E-state index in [1.54, 1.807) is 42.5 Å². The molecule has 9 heteroatoms. The van der Waals surface area contributed by atoms with Crippen molar-refractivity contribution in [2.75, 3.05) is 17.4 Å². The number of halogens is 1. The third-order valence-corrected chi connectivity index (χ3v) is 9.33. The first-order valence-electron chi connectivity index (χ1n) is 15.1. The van der Waals surface area contributed by atoms with Gasteiger partial charge in [-0.05, 0) is 65.4 Å². The highest BCUT2D eigenvalue weighted by molar-refractivity contribution is 7.92. The standard InChI is InChI=1S/C36H40FN3O4S/c1-4-23-38-36(42)34(24-28-11-7-5-8-12-28)39(25-29-15-19-31(37)20-16-29)35(41)26-40(32-21-17-30(18-22-32)27(2)3)45(43,44)33-13-9-6-10-14-33/h5-22,27,34H,4,23-26H2,1-3H3,(H,38,42)/t34-/m0/s1. The highest BCUT2D eigenvalue weighted by Crippen LogP contribution is 2.27. The van der Waals surface area contributed by atoms with Crippen molar-refractivity contribution < 1.29 is 22.4 Å². The lowest BCUT2D eigenvalue weighted by Gasteiger charge is -2.34. The number of nitrogens with zero attached hydrogens (tertiary/aromatic N) is 2. The molecule has 0 aliphatic heterocycles. The summed E-state index contributed by atoms with van der Waals surface area (Å²) in [5, 5.41) is 2.92. The highest BCUT2D eigenvalue weighted by Gasteiger charge is 2.34. The Morgan fingerprint density at radius 2 is 1.40 bits per heavy atom. The number of carbonyl (C=O) groups is 2. The van der Waals surface area contributed by atoms with Crippen molar-refractivity contribution in [3.8, 4) is 0 Å². The number of amides is 2. The second-order valence-corrected chi connectivity index (χ2v) is 13.1. The lowest BCUT2D eigenvalue weighted by molar-refractivity contribution is -0.140. The third kappa shape index (κ3) is 8.79. The number of sulfonamides is 1. The van der Waals surface area contributed by atoms with Crippen LogP contribution in [-0.2, 0) is 32.6 Å². The normalized spacial score (nSPS) is 12.0. The minimum Gasteiger partial charge on any atom is -0.354 e. The van der Waals surface area contributed by atoms with Crippen LogP contribution >= 0.6 is 0 Å². The Morgan fingerprint density at radius 1 is 0.800 bits per heavy atom. The summed E-state index contributed by atoms with van der Waals surface area (Å²) in [6.07, 6.45) is 0.906. The topological polar surface area (TPSA) is 86.8 Å². The van der Waals surface area contributed by atoms with Gasteiger partial charge in [0.25, 0.3) is 10.0 Å². The van der Waals surface area contributed by atoms with E-state index in [0.29, 0.717) is 24.2 Å². The Hall–Kier alpha value is -4.50. The number of hydrogen-bond donors (Lipinski definition) is 1. The summed E-state index contributed by atoms with van der Waals surface area (Å²) in [7, 11) is -4.18. The number of benzene rings is 4.